The molecule has 11 heteroatoms. The summed E-state index contributed by atoms with van der Waals surface area (Å²) in [4.78, 5) is 1.68. The first-order chi connectivity index (χ1) is 10.1. The average Bonchev–Trinajstić information content (AvgIpc) is 2.80. The Morgan fingerprint density at radius 3 is 2.57 bits per heavy atom. The van der Waals surface area contributed by atoms with Crippen molar-refractivity contribution < 1.29 is 72.8 Å². The van der Waals surface area contributed by atoms with E-state index in [0.29, 0.717) is 19.4 Å². The van der Waals surface area contributed by atoms with E-state index in [0.717, 1.165) is 23.6 Å². The SMILES string of the molecule is CS(=O)(=O)C(C#N)=CC=C1SCCN1CCCCS(=O)(=O)[O-].[K+]. The first kappa shape index (κ1) is 23.6. The minimum Gasteiger partial charge on any atom is -0.748 e. The Morgan fingerprint density at radius 1 is 1.39 bits per heavy atom. The number of hydrogen-bond acceptors (Lipinski definition) is 8. The van der Waals surface area contributed by atoms with Gasteiger partial charge in [0.1, 0.15) is 11.0 Å². The van der Waals surface area contributed by atoms with E-state index >= 15 is 0 Å². The van der Waals surface area contributed by atoms with Gasteiger partial charge in [0.05, 0.1) is 15.1 Å². The molecule has 0 saturated carbocycles. The van der Waals surface area contributed by atoms with Crippen LogP contribution in [0, 0.1) is 11.3 Å². The Balaban J connectivity index is 0.00000484. The number of unbranched alkanes of at least 4 members (excludes halogenated alkanes) is 1. The molecule has 0 unspecified atom stereocenters. The van der Waals surface area contributed by atoms with E-state index in [4.69, 9.17) is 5.26 Å². The Kier molecular flexibility index (Phi) is 10.9. The van der Waals surface area contributed by atoms with Gasteiger partial charge in [-0.15, -0.1) is 11.8 Å². The van der Waals surface area contributed by atoms with Crippen LogP contribution in [0.3, 0.4) is 0 Å². The van der Waals surface area contributed by atoms with Crippen LogP contribution >= 0.6 is 11.8 Å². The number of hydrogen-bond donors (Lipinski definition) is 0. The van der Waals surface area contributed by atoms with Crippen LogP contribution in [0.25, 0.3) is 0 Å². The summed E-state index contributed by atoms with van der Waals surface area (Å²) in [6.45, 7) is 1.35. The van der Waals surface area contributed by atoms with Crippen LogP contribution in [0.15, 0.2) is 22.1 Å². The number of nitrogens with zero attached hydrogens (tertiary/aromatic N) is 2. The standard InChI is InChI=1S/C12H18N2O5S3.K/c1-21(15,16)11(10-13)4-5-12-14(7-8-20-12)6-2-3-9-22(17,18)19;/h4-5H,2-3,6-9H2,1H3,(H,17,18,19);/q;+1/p-1. The molecule has 23 heavy (non-hydrogen) atoms. The van der Waals surface area contributed by atoms with Crippen molar-refractivity contribution >= 4 is 31.7 Å². The summed E-state index contributed by atoms with van der Waals surface area (Å²) < 4.78 is 54.2. The molecule has 1 heterocycles. The van der Waals surface area contributed by atoms with Gasteiger partial charge in [0.15, 0.2) is 9.84 Å². The van der Waals surface area contributed by atoms with E-state index in [1.807, 2.05) is 4.90 Å². The van der Waals surface area contributed by atoms with Crippen molar-refractivity contribution in [2.45, 2.75) is 12.8 Å². The second-order valence-corrected chi connectivity index (χ2v) is 9.35. The second-order valence-electron chi connectivity index (χ2n) is 4.72. The molecular formula is C12H17KN2O5S3. The number of nitriles is 1. The fourth-order valence-electron chi connectivity index (χ4n) is 1.81. The van der Waals surface area contributed by atoms with Crippen molar-refractivity contribution in [3.05, 3.63) is 22.1 Å². The number of rotatable bonds is 7. The Bertz CT molecular complexity index is 707. The molecule has 0 amide bonds. The second kappa shape index (κ2) is 10.6. The Morgan fingerprint density at radius 2 is 2.04 bits per heavy atom. The van der Waals surface area contributed by atoms with E-state index in [1.165, 1.54) is 17.8 Å². The topological polar surface area (TPSA) is 118 Å². The fraction of sp³-hybridized carbons (Fsp3) is 0.583. The van der Waals surface area contributed by atoms with E-state index in [1.54, 1.807) is 12.1 Å². The molecule has 0 aromatic heterocycles. The van der Waals surface area contributed by atoms with Crippen molar-refractivity contribution in [2.75, 3.05) is 30.9 Å². The minimum absolute atomic E-state index is 0. The molecule has 1 rings (SSSR count). The molecule has 0 spiro atoms. The van der Waals surface area contributed by atoms with Crippen LogP contribution in [-0.4, -0.2) is 57.1 Å². The summed E-state index contributed by atoms with van der Waals surface area (Å²) in [6.07, 6.45) is 4.69. The first-order valence-corrected chi connectivity index (χ1v) is 10.9. The molecule has 1 fully saturated rings. The van der Waals surface area contributed by atoms with Crippen LogP contribution in [-0.2, 0) is 20.0 Å². The zero-order valence-electron chi connectivity index (χ0n) is 13.1. The normalized spacial score (nSPS) is 17.9. The third-order valence-corrected chi connectivity index (χ3v) is 5.77. The summed E-state index contributed by atoms with van der Waals surface area (Å²) in [6, 6.07) is 1.65. The maximum absolute atomic E-state index is 11.3. The summed E-state index contributed by atoms with van der Waals surface area (Å²) in [5.74, 6) is 0.458. The average molecular weight is 405 g/mol. The molecule has 0 bridgehead atoms. The fourth-order valence-corrected chi connectivity index (χ4v) is 3.90. The quantitative estimate of drug-likeness (QED) is 0.200. The van der Waals surface area contributed by atoms with Crippen LogP contribution in [0.2, 0.25) is 0 Å². The smallest absolute Gasteiger partial charge is 0.748 e. The molecule has 0 N–H and O–H groups in total. The van der Waals surface area contributed by atoms with Gasteiger partial charge in [-0.1, -0.05) is 0 Å². The van der Waals surface area contributed by atoms with Crippen molar-refractivity contribution in [1.82, 2.24) is 4.90 Å². The molecular weight excluding hydrogens is 387 g/mol. The molecule has 0 aliphatic carbocycles. The molecule has 0 aromatic carbocycles. The molecule has 1 aliphatic heterocycles. The van der Waals surface area contributed by atoms with E-state index in [-0.39, 0.29) is 62.0 Å². The number of sulfone groups is 1. The van der Waals surface area contributed by atoms with E-state index < -0.39 is 20.0 Å². The molecule has 1 saturated heterocycles. The van der Waals surface area contributed by atoms with Crippen molar-refractivity contribution in [1.29, 1.82) is 5.26 Å². The first-order valence-electron chi connectivity index (χ1n) is 6.47. The van der Waals surface area contributed by atoms with Gasteiger partial charge in [0.2, 0.25) is 0 Å². The Hall–Kier alpha value is 0.616. The van der Waals surface area contributed by atoms with E-state index in [9.17, 15) is 21.4 Å². The van der Waals surface area contributed by atoms with E-state index in [2.05, 4.69) is 0 Å². The summed E-state index contributed by atoms with van der Waals surface area (Å²) in [5.41, 5.74) is 0. The van der Waals surface area contributed by atoms with Crippen molar-refractivity contribution in [2.24, 2.45) is 0 Å². The van der Waals surface area contributed by atoms with Crippen molar-refractivity contribution in [3.8, 4) is 6.07 Å². The Labute approximate surface area is 184 Å². The van der Waals surface area contributed by atoms with Gasteiger partial charge in [-0.2, -0.15) is 5.26 Å². The molecule has 124 valence electrons. The molecule has 0 aromatic rings. The van der Waals surface area contributed by atoms with Gasteiger partial charge < -0.3 is 9.45 Å². The zero-order chi connectivity index (χ0) is 16.8. The minimum atomic E-state index is -4.18. The summed E-state index contributed by atoms with van der Waals surface area (Å²) in [7, 11) is -7.71. The third kappa shape index (κ3) is 9.62. The zero-order valence-corrected chi connectivity index (χ0v) is 18.6. The maximum atomic E-state index is 11.3. The summed E-state index contributed by atoms with van der Waals surface area (Å²) in [5, 5.41) is 9.65. The van der Waals surface area contributed by atoms with Gasteiger partial charge in [-0.3, -0.25) is 0 Å². The van der Waals surface area contributed by atoms with Gasteiger partial charge in [-0.05, 0) is 25.0 Å². The van der Waals surface area contributed by atoms with Crippen LogP contribution < -0.4 is 51.4 Å². The van der Waals surface area contributed by atoms with Gasteiger partial charge in [-0.25, -0.2) is 16.8 Å². The van der Waals surface area contributed by atoms with Crippen LogP contribution in [0.4, 0.5) is 0 Å². The van der Waals surface area contributed by atoms with Gasteiger partial charge in [0, 0.05) is 30.9 Å². The number of thioether (sulfide) groups is 1. The number of allylic oxidation sites excluding steroid dienone is 3. The van der Waals surface area contributed by atoms with Gasteiger partial charge in [0.25, 0.3) is 0 Å². The monoisotopic (exact) mass is 404 g/mol. The third-order valence-electron chi connectivity index (χ3n) is 2.88. The van der Waals surface area contributed by atoms with Crippen molar-refractivity contribution in [3.63, 3.8) is 0 Å². The molecule has 0 radical (unpaired) electrons. The predicted molar refractivity (Wildman–Crippen MR) is 84.5 cm³/mol. The predicted octanol–water partition coefficient (Wildman–Crippen LogP) is -2.34. The molecule has 0 atom stereocenters. The molecule has 7 nitrogen and oxygen atoms in total. The largest absolute Gasteiger partial charge is 1.00 e. The summed E-state index contributed by atoms with van der Waals surface area (Å²) >= 11 is 1.54. The van der Waals surface area contributed by atoms with Crippen LogP contribution in [0.5, 0.6) is 0 Å². The van der Waals surface area contributed by atoms with Crippen LogP contribution in [0.1, 0.15) is 12.8 Å². The maximum Gasteiger partial charge on any atom is 1.00 e. The molecule has 1 aliphatic rings. The van der Waals surface area contributed by atoms with Gasteiger partial charge >= 0.3 is 51.4 Å².